The standard InChI is InChI=1S/C17H13ClN4OS/c1-11-15(7-4-13-8-19-10-22(11)13)17-21-20-16(23-17)9-24-14-5-2-12(18)3-6-14/h2-8,10H,9H2,1H3. The van der Waals surface area contributed by atoms with Crippen LogP contribution in [-0.4, -0.2) is 19.6 Å². The number of aryl methyl sites for hydroxylation is 1. The smallest absolute Gasteiger partial charge is 0.249 e. The summed E-state index contributed by atoms with van der Waals surface area (Å²) in [4.78, 5) is 5.26. The lowest BCUT2D eigenvalue weighted by molar-refractivity contribution is 0.528. The number of rotatable bonds is 4. The first-order valence-electron chi connectivity index (χ1n) is 7.33. The third-order valence-corrected chi connectivity index (χ3v) is 4.96. The Morgan fingerprint density at radius 1 is 1.12 bits per heavy atom. The molecular weight excluding hydrogens is 344 g/mol. The molecule has 0 atom stereocenters. The molecule has 3 aromatic heterocycles. The Kier molecular flexibility index (Phi) is 4.00. The molecule has 0 aliphatic carbocycles. The highest BCUT2D eigenvalue weighted by Gasteiger charge is 2.13. The Morgan fingerprint density at radius 3 is 2.79 bits per heavy atom. The van der Waals surface area contributed by atoms with Gasteiger partial charge in [-0.3, -0.25) is 0 Å². The summed E-state index contributed by atoms with van der Waals surface area (Å²) in [5.74, 6) is 1.73. The fourth-order valence-electron chi connectivity index (χ4n) is 2.45. The van der Waals surface area contributed by atoms with Gasteiger partial charge in [0, 0.05) is 15.6 Å². The van der Waals surface area contributed by atoms with Crippen molar-refractivity contribution >= 4 is 28.9 Å². The van der Waals surface area contributed by atoms with Crippen LogP contribution in [0.4, 0.5) is 0 Å². The van der Waals surface area contributed by atoms with Gasteiger partial charge in [-0.1, -0.05) is 11.6 Å². The second kappa shape index (κ2) is 6.30. The number of hydrogen-bond acceptors (Lipinski definition) is 5. The Hall–Kier alpha value is -2.31. The molecule has 0 saturated heterocycles. The fraction of sp³-hybridized carbons (Fsp3) is 0.118. The van der Waals surface area contributed by atoms with E-state index in [1.165, 1.54) is 0 Å². The predicted molar refractivity (Wildman–Crippen MR) is 94.2 cm³/mol. The Labute approximate surface area is 147 Å². The minimum atomic E-state index is 0.523. The van der Waals surface area contributed by atoms with Crippen LogP contribution in [-0.2, 0) is 5.75 Å². The number of pyridine rings is 1. The summed E-state index contributed by atoms with van der Waals surface area (Å²) in [5.41, 5.74) is 2.97. The first-order valence-corrected chi connectivity index (χ1v) is 8.70. The summed E-state index contributed by atoms with van der Waals surface area (Å²) in [6.45, 7) is 2.01. The fourth-order valence-corrected chi connectivity index (χ4v) is 3.31. The van der Waals surface area contributed by atoms with Crippen molar-refractivity contribution in [3.8, 4) is 11.5 Å². The van der Waals surface area contributed by atoms with Gasteiger partial charge in [0.15, 0.2) is 0 Å². The molecule has 0 aliphatic heterocycles. The lowest BCUT2D eigenvalue weighted by Crippen LogP contribution is -1.93. The molecule has 0 bridgehead atoms. The van der Waals surface area contributed by atoms with Gasteiger partial charge in [0.25, 0.3) is 0 Å². The first-order chi connectivity index (χ1) is 11.7. The van der Waals surface area contributed by atoms with Crippen molar-refractivity contribution in [1.82, 2.24) is 19.6 Å². The van der Waals surface area contributed by atoms with E-state index in [9.17, 15) is 0 Å². The van der Waals surface area contributed by atoms with Crippen LogP contribution in [0.3, 0.4) is 0 Å². The van der Waals surface area contributed by atoms with Crippen molar-refractivity contribution in [3.05, 3.63) is 65.5 Å². The van der Waals surface area contributed by atoms with E-state index < -0.39 is 0 Å². The SMILES string of the molecule is Cc1c(-c2nnc(CSc3ccc(Cl)cc3)o2)ccc2cncn12. The van der Waals surface area contributed by atoms with Crippen LogP contribution in [0, 0.1) is 6.92 Å². The molecule has 4 aromatic rings. The van der Waals surface area contributed by atoms with Gasteiger partial charge in [-0.05, 0) is 43.3 Å². The van der Waals surface area contributed by atoms with Crippen LogP contribution in [0.25, 0.3) is 17.0 Å². The van der Waals surface area contributed by atoms with Crippen LogP contribution in [0.2, 0.25) is 5.02 Å². The van der Waals surface area contributed by atoms with E-state index >= 15 is 0 Å². The molecule has 0 amide bonds. The maximum absolute atomic E-state index is 5.89. The molecule has 1 aromatic carbocycles. The van der Waals surface area contributed by atoms with E-state index in [-0.39, 0.29) is 0 Å². The molecule has 0 aliphatic rings. The molecule has 4 rings (SSSR count). The molecule has 0 fully saturated rings. The highest BCUT2D eigenvalue weighted by Crippen LogP contribution is 2.27. The maximum Gasteiger partial charge on any atom is 0.249 e. The average Bonchev–Trinajstić information content (AvgIpc) is 3.24. The van der Waals surface area contributed by atoms with Crippen LogP contribution >= 0.6 is 23.4 Å². The third kappa shape index (κ3) is 2.90. The molecule has 5 nitrogen and oxygen atoms in total. The quantitative estimate of drug-likeness (QED) is 0.498. The highest BCUT2D eigenvalue weighted by molar-refractivity contribution is 7.98. The highest BCUT2D eigenvalue weighted by atomic mass is 35.5. The van der Waals surface area contributed by atoms with Gasteiger partial charge in [-0.2, -0.15) is 0 Å². The topological polar surface area (TPSA) is 56.2 Å². The monoisotopic (exact) mass is 356 g/mol. The molecule has 0 saturated carbocycles. The number of imidazole rings is 1. The largest absolute Gasteiger partial charge is 0.420 e. The molecule has 24 heavy (non-hydrogen) atoms. The maximum atomic E-state index is 5.89. The number of aromatic nitrogens is 4. The number of nitrogens with zero attached hydrogens (tertiary/aromatic N) is 4. The molecule has 120 valence electrons. The second-order valence-electron chi connectivity index (χ2n) is 5.26. The van der Waals surface area contributed by atoms with Crippen molar-refractivity contribution in [2.75, 3.05) is 0 Å². The predicted octanol–water partition coefficient (Wildman–Crippen LogP) is 4.64. The lowest BCUT2D eigenvalue weighted by Gasteiger charge is -2.04. The Morgan fingerprint density at radius 2 is 1.96 bits per heavy atom. The third-order valence-electron chi connectivity index (χ3n) is 3.71. The zero-order valence-electron chi connectivity index (χ0n) is 12.8. The van der Waals surface area contributed by atoms with Crippen LogP contribution in [0.5, 0.6) is 0 Å². The number of thioether (sulfide) groups is 1. The van der Waals surface area contributed by atoms with Gasteiger partial charge in [-0.15, -0.1) is 22.0 Å². The van der Waals surface area contributed by atoms with Crippen molar-refractivity contribution in [1.29, 1.82) is 0 Å². The normalized spacial score (nSPS) is 11.2. The summed E-state index contributed by atoms with van der Waals surface area (Å²) in [7, 11) is 0. The van der Waals surface area contributed by atoms with Crippen molar-refractivity contribution in [2.45, 2.75) is 17.6 Å². The van der Waals surface area contributed by atoms with E-state index in [4.69, 9.17) is 16.0 Å². The second-order valence-corrected chi connectivity index (χ2v) is 6.75. The average molecular weight is 357 g/mol. The molecule has 0 N–H and O–H groups in total. The molecule has 3 heterocycles. The van der Waals surface area contributed by atoms with Crippen LogP contribution in [0.15, 0.2) is 58.2 Å². The Balaban J connectivity index is 1.55. The van der Waals surface area contributed by atoms with E-state index in [2.05, 4.69) is 15.2 Å². The van der Waals surface area contributed by atoms with Crippen molar-refractivity contribution in [3.63, 3.8) is 0 Å². The van der Waals surface area contributed by atoms with Crippen LogP contribution in [0.1, 0.15) is 11.6 Å². The molecule has 0 unspecified atom stereocenters. The number of benzene rings is 1. The van der Waals surface area contributed by atoms with Gasteiger partial charge in [0.1, 0.15) is 0 Å². The van der Waals surface area contributed by atoms with E-state index in [1.807, 2.05) is 53.9 Å². The first kappa shape index (κ1) is 15.2. The molecule has 0 spiro atoms. The summed E-state index contributed by atoms with van der Waals surface area (Å²) < 4.78 is 7.82. The summed E-state index contributed by atoms with van der Waals surface area (Å²) in [5, 5.41) is 9.05. The minimum Gasteiger partial charge on any atom is -0.420 e. The van der Waals surface area contributed by atoms with Gasteiger partial charge in [0.05, 0.1) is 29.4 Å². The Bertz CT molecular complexity index is 993. The van der Waals surface area contributed by atoms with E-state index in [0.717, 1.165) is 26.7 Å². The van der Waals surface area contributed by atoms with Gasteiger partial charge in [-0.25, -0.2) is 4.98 Å². The molecule has 0 radical (unpaired) electrons. The number of halogens is 1. The van der Waals surface area contributed by atoms with Crippen LogP contribution < -0.4 is 0 Å². The zero-order chi connectivity index (χ0) is 16.5. The van der Waals surface area contributed by atoms with Gasteiger partial charge < -0.3 is 8.82 Å². The van der Waals surface area contributed by atoms with Gasteiger partial charge >= 0.3 is 0 Å². The van der Waals surface area contributed by atoms with Crippen molar-refractivity contribution < 1.29 is 4.42 Å². The number of fused-ring (bicyclic) bond motifs is 1. The lowest BCUT2D eigenvalue weighted by atomic mass is 10.2. The number of hydrogen-bond donors (Lipinski definition) is 0. The van der Waals surface area contributed by atoms with E-state index in [0.29, 0.717) is 17.5 Å². The molecular formula is C17H13ClN4OS. The summed E-state index contributed by atoms with van der Waals surface area (Å²) in [6.07, 6.45) is 3.60. The molecule has 7 heteroatoms. The summed E-state index contributed by atoms with van der Waals surface area (Å²) in [6, 6.07) is 11.7. The van der Waals surface area contributed by atoms with Crippen molar-refractivity contribution in [2.24, 2.45) is 0 Å². The summed E-state index contributed by atoms with van der Waals surface area (Å²) >= 11 is 7.52. The van der Waals surface area contributed by atoms with Gasteiger partial charge in [0.2, 0.25) is 11.8 Å². The van der Waals surface area contributed by atoms with E-state index in [1.54, 1.807) is 18.1 Å². The zero-order valence-corrected chi connectivity index (χ0v) is 14.4. The minimum absolute atomic E-state index is 0.523.